The number of carbonyl (C=O) groups is 7. The van der Waals surface area contributed by atoms with Crippen LogP contribution in [0.1, 0.15) is 52.7 Å². The van der Waals surface area contributed by atoms with Crippen molar-refractivity contribution >= 4 is 47.2 Å². The number of esters is 3. The van der Waals surface area contributed by atoms with Crippen LogP contribution >= 0.6 is 0 Å². The highest BCUT2D eigenvalue weighted by molar-refractivity contribution is 5.94. The SMILES string of the molecule is CC(=O)N[C@@H]1[C@@H](OCCc2ccc(NC(=O)C(F)(F)F)cc2)O[C@H](COCc2ccccc2)[C@@H](O[C@H]2O[C@H](COC(C)=O)[C@@H](OC(C)=O)[C@H](OC(C)=O)[C@H]2NC(C)=O)[C@@H]1NC(C)=O. The van der Waals surface area contributed by atoms with Gasteiger partial charge in [0.2, 0.25) is 17.7 Å². The van der Waals surface area contributed by atoms with Crippen molar-refractivity contribution in [3.63, 3.8) is 0 Å². The van der Waals surface area contributed by atoms with E-state index in [1.165, 1.54) is 38.1 Å². The van der Waals surface area contributed by atoms with Crippen LogP contribution in [-0.4, -0.2) is 129 Å². The highest BCUT2D eigenvalue weighted by Gasteiger charge is 2.55. The van der Waals surface area contributed by atoms with Gasteiger partial charge < -0.3 is 59.2 Å². The van der Waals surface area contributed by atoms with E-state index < -0.39 is 116 Å². The maximum atomic E-state index is 12.9. The fourth-order valence-corrected chi connectivity index (χ4v) is 6.87. The molecule has 2 aliphatic heterocycles. The van der Waals surface area contributed by atoms with Crippen molar-refractivity contribution in [1.29, 1.82) is 0 Å². The van der Waals surface area contributed by atoms with Gasteiger partial charge in [0.15, 0.2) is 24.8 Å². The van der Waals surface area contributed by atoms with E-state index in [0.29, 0.717) is 5.56 Å². The number of anilines is 1. The average molecular weight is 897 g/mol. The van der Waals surface area contributed by atoms with Gasteiger partial charge in [-0.2, -0.15) is 13.2 Å². The number of carbonyl (C=O) groups excluding carboxylic acids is 7. The minimum absolute atomic E-state index is 0.0792. The molecule has 22 heteroatoms. The standard InChI is InChI=1S/C41H51F3N4O15/c1-21(49)45-32-33(46-22(2)50)38(57-17-16-27-12-14-29(15-13-27)48-40(55)41(42,43)44)61-30(19-56-18-28-10-8-7-9-11-28)35(32)63-39-34(47-23(3)51)37(60-26(6)54)36(59-25(5)53)31(62-39)20-58-24(4)52/h7-15,30-39H,16-20H2,1-6H3,(H,45,49)(H,46,50)(H,47,51)(H,48,55)/t30-,31-,32-,33+,34-,35-,36-,37-,38+,39-/m1/s1. The van der Waals surface area contributed by atoms with Crippen LogP contribution in [0.5, 0.6) is 0 Å². The zero-order chi connectivity index (χ0) is 46.4. The lowest BCUT2D eigenvalue weighted by Crippen LogP contribution is -2.72. The van der Waals surface area contributed by atoms with Crippen molar-refractivity contribution in [1.82, 2.24) is 16.0 Å². The zero-order valence-electron chi connectivity index (χ0n) is 35.3. The molecule has 2 aromatic carbocycles. The molecule has 10 atom stereocenters. The first-order valence-electron chi connectivity index (χ1n) is 19.7. The van der Waals surface area contributed by atoms with E-state index in [4.69, 9.17) is 37.9 Å². The molecule has 2 fully saturated rings. The van der Waals surface area contributed by atoms with Gasteiger partial charge in [0, 0.05) is 47.2 Å². The Morgan fingerprint density at radius 2 is 1.17 bits per heavy atom. The maximum Gasteiger partial charge on any atom is 0.471 e. The van der Waals surface area contributed by atoms with E-state index >= 15 is 0 Å². The van der Waals surface area contributed by atoms with Gasteiger partial charge in [-0.05, 0) is 29.7 Å². The second-order valence-corrected chi connectivity index (χ2v) is 14.6. The molecule has 19 nitrogen and oxygen atoms in total. The fraction of sp³-hybridized carbons (Fsp3) is 0.537. The third-order valence-electron chi connectivity index (χ3n) is 9.35. The van der Waals surface area contributed by atoms with Gasteiger partial charge in [-0.15, -0.1) is 0 Å². The molecule has 0 unspecified atom stereocenters. The molecule has 346 valence electrons. The summed E-state index contributed by atoms with van der Waals surface area (Å²) in [4.78, 5) is 86.6. The summed E-state index contributed by atoms with van der Waals surface area (Å²) < 4.78 is 86.2. The number of alkyl halides is 3. The number of ether oxygens (including phenoxy) is 8. The number of amides is 4. The van der Waals surface area contributed by atoms with Crippen LogP contribution in [0.4, 0.5) is 18.9 Å². The van der Waals surface area contributed by atoms with Crippen LogP contribution < -0.4 is 21.3 Å². The number of rotatable bonds is 18. The lowest BCUT2D eigenvalue weighted by Gasteiger charge is -2.50. The zero-order valence-corrected chi connectivity index (χ0v) is 35.3. The van der Waals surface area contributed by atoms with E-state index in [0.717, 1.165) is 33.3 Å². The van der Waals surface area contributed by atoms with Gasteiger partial charge in [-0.1, -0.05) is 42.5 Å². The monoisotopic (exact) mass is 896 g/mol. The second-order valence-electron chi connectivity index (χ2n) is 14.6. The van der Waals surface area contributed by atoms with Crippen molar-refractivity contribution in [3.05, 3.63) is 65.7 Å². The summed E-state index contributed by atoms with van der Waals surface area (Å²) in [7, 11) is 0. The van der Waals surface area contributed by atoms with E-state index in [1.54, 1.807) is 17.4 Å². The average Bonchev–Trinajstić information content (AvgIpc) is 3.18. The van der Waals surface area contributed by atoms with Gasteiger partial charge in [-0.3, -0.25) is 33.6 Å². The van der Waals surface area contributed by atoms with Crippen molar-refractivity contribution < 1.29 is 84.6 Å². The fourth-order valence-electron chi connectivity index (χ4n) is 6.87. The van der Waals surface area contributed by atoms with Crippen LogP contribution in [0.2, 0.25) is 0 Å². The molecule has 4 rings (SSSR count). The third kappa shape index (κ3) is 15.6. The second kappa shape index (κ2) is 23.1. The van der Waals surface area contributed by atoms with Crippen LogP contribution in [-0.2, 0) is 84.5 Å². The Morgan fingerprint density at radius 3 is 1.75 bits per heavy atom. The molecule has 0 spiro atoms. The van der Waals surface area contributed by atoms with Crippen LogP contribution in [0.25, 0.3) is 0 Å². The Bertz CT molecular complexity index is 1910. The molecule has 2 aliphatic rings. The number of hydrogen-bond acceptors (Lipinski definition) is 15. The van der Waals surface area contributed by atoms with Gasteiger partial charge in [-0.25, -0.2) is 0 Å². The molecule has 0 saturated carbocycles. The van der Waals surface area contributed by atoms with Crippen LogP contribution in [0.15, 0.2) is 54.6 Å². The number of hydrogen-bond donors (Lipinski definition) is 4. The molecule has 2 saturated heterocycles. The largest absolute Gasteiger partial charge is 0.471 e. The molecule has 2 heterocycles. The Morgan fingerprint density at radius 1 is 0.619 bits per heavy atom. The Labute approximate surface area is 360 Å². The van der Waals surface area contributed by atoms with E-state index in [2.05, 4.69) is 16.0 Å². The third-order valence-corrected chi connectivity index (χ3v) is 9.35. The molecule has 0 bridgehead atoms. The summed E-state index contributed by atoms with van der Waals surface area (Å²) in [5, 5.41) is 9.93. The highest BCUT2D eigenvalue weighted by Crippen LogP contribution is 2.33. The highest BCUT2D eigenvalue weighted by atomic mass is 19.4. The van der Waals surface area contributed by atoms with Crippen molar-refractivity contribution in [3.8, 4) is 0 Å². The quantitative estimate of drug-likeness (QED) is 0.123. The maximum absolute atomic E-state index is 12.9. The lowest BCUT2D eigenvalue weighted by atomic mass is 9.92. The van der Waals surface area contributed by atoms with E-state index in [9.17, 15) is 46.7 Å². The minimum atomic E-state index is -5.08. The van der Waals surface area contributed by atoms with E-state index in [1.807, 2.05) is 18.2 Å². The molecular formula is C41H51F3N4O15. The van der Waals surface area contributed by atoms with Gasteiger partial charge in [0.1, 0.15) is 37.0 Å². The summed E-state index contributed by atoms with van der Waals surface area (Å²) >= 11 is 0. The smallest absolute Gasteiger partial charge is 0.463 e. The Kier molecular flexibility index (Phi) is 18.3. The molecule has 4 N–H and O–H groups in total. The number of benzene rings is 2. The summed E-state index contributed by atoms with van der Waals surface area (Å²) in [6.07, 6.45) is -14.7. The van der Waals surface area contributed by atoms with Crippen molar-refractivity contribution in [2.24, 2.45) is 0 Å². The van der Waals surface area contributed by atoms with Gasteiger partial charge in [0.05, 0.1) is 25.9 Å². The summed E-state index contributed by atoms with van der Waals surface area (Å²) in [6, 6.07) is 10.7. The van der Waals surface area contributed by atoms with Crippen molar-refractivity contribution in [2.45, 2.75) is 122 Å². The summed E-state index contributed by atoms with van der Waals surface area (Å²) in [5.41, 5.74) is 1.28. The van der Waals surface area contributed by atoms with Gasteiger partial charge in [0.25, 0.3) is 0 Å². The van der Waals surface area contributed by atoms with Crippen LogP contribution in [0.3, 0.4) is 0 Å². The normalized spacial score (nSPS) is 25.7. The first kappa shape index (κ1) is 50.0. The Hall–Kier alpha value is -5.68. The van der Waals surface area contributed by atoms with Gasteiger partial charge >= 0.3 is 30.0 Å². The number of halogens is 3. The summed E-state index contributed by atoms with van der Waals surface area (Å²) in [5.74, 6) is -6.36. The van der Waals surface area contributed by atoms with E-state index in [-0.39, 0.29) is 31.9 Å². The molecule has 63 heavy (non-hydrogen) atoms. The molecular weight excluding hydrogens is 845 g/mol. The molecule has 2 aromatic rings. The molecule has 0 radical (unpaired) electrons. The number of nitrogens with one attached hydrogen (secondary N) is 4. The predicted molar refractivity (Wildman–Crippen MR) is 210 cm³/mol. The van der Waals surface area contributed by atoms with Crippen LogP contribution in [0, 0.1) is 0 Å². The lowest BCUT2D eigenvalue weighted by molar-refractivity contribution is -0.322. The first-order valence-corrected chi connectivity index (χ1v) is 19.7. The Balaban J connectivity index is 1.72. The topological polar surface area (TPSA) is 241 Å². The molecule has 4 amide bonds. The first-order chi connectivity index (χ1) is 29.7. The minimum Gasteiger partial charge on any atom is -0.463 e. The molecule has 0 aromatic heterocycles. The van der Waals surface area contributed by atoms with Crippen molar-refractivity contribution in [2.75, 3.05) is 25.1 Å². The predicted octanol–water partition coefficient (Wildman–Crippen LogP) is 1.74. The molecule has 0 aliphatic carbocycles. The summed E-state index contributed by atoms with van der Waals surface area (Å²) in [6.45, 7) is 6.07.